The minimum Gasteiger partial charge on any atom is -0.389 e. The van der Waals surface area contributed by atoms with Crippen molar-refractivity contribution in [1.29, 1.82) is 10.5 Å². The molecule has 1 rings (SSSR count). The quantitative estimate of drug-likeness (QED) is 0.572. The monoisotopic (exact) mass is 136 g/mol. The van der Waals surface area contributed by atoms with E-state index in [1.54, 1.807) is 0 Å². The van der Waals surface area contributed by atoms with Crippen molar-refractivity contribution in [2.45, 2.75) is 24.9 Å². The van der Waals surface area contributed by atoms with E-state index >= 15 is 0 Å². The van der Waals surface area contributed by atoms with Gasteiger partial charge in [-0.25, -0.2) is 0 Å². The van der Waals surface area contributed by atoms with Crippen molar-refractivity contribution in [2.24, 2.45) is 5.92 Å². The fourth-order valence-electron chi connectivity index (χ4n) is 1.24. The number of aliphatic hydroxyl groups is 1. The highest BCUT2D eigenvalue weighted by atomic mass is 16.3. The van der Waals surface area contributed by atoms with E-state index in [1.807, 2.05) is 12.1 Å². The van der Waals surface area contributed by atoms with Crippen LogP contribution in [0.15, 0.2) is 0 Å². The van der Waals surface area contributed by atoms with Gasteiger partial charge in [0.1, 0.15) is 0 Å². The van der Waals surface area contributed by atoms with Crippen molar-refractivity contribution in [1.82, 2.24) is 0 Å². The first-order valence-corrected chi connectivity index (χ1v) is 3.19. The van der Waals surface area contributed by atoms with Crippen LogP contribution in [-0.2, 0) is 0 Å². The molecule has 1 aliphatic carbocycles. The predicted molar refractivity (Wildman–Crippen MR) is 33.5 cm³/mol. The van der Waals surface area contributed by atoms with Crippen LogP contribution >= 0.6 is 0 Å². The highest BCUT2D eigenvalue weighted by Gasteiger charge is 2.42. The van der Waals surface area contributed by atoms with Crippen molar-refractivity contribution in [3.63, 3.8) is 0 Å². The summed E-state index contributed by atoms with van der Waals surface area (Å²) in [6.45, 7) is 0. The van der Waals surface area contributed by atoms with Crippen LogP contribution in [0.5, 0.6) is 0 Å². The molecule has 1 aliphatic rings. The van der Waals surface area contributed by atoms with Crippen LogP contribution in [0.1, 0.15) is 19.3 Å². The maximum absolute atomic E-state index is 9.34. The third-order valence-electron chi connectivity index (χ3n) is 1.84. The molecule has 0 radical (unpaired) electrons. The molecule has 0 saturated heterocycles. The Kier molecular flexibility index (Phi) is 1.61. The summed E-state index contributed by atoms with van der Waals surface area (Å²) in [5.41, 5.74) is -0.838. The summed E-state index contributed by atoms with van der Waals surface area (Å²) in [5.74, 6) is -0.0293. The van der Waals surface area contributed by atoms with Gasteiger partial charge in [0.2, 0.25) is 0 Å². The van der Waals surface area contributed by atoms with Gasteiger partial charge in [0.25, 0.3) is 0 Å². The lowest BCUT2D eigenvalue weighted by Gasteiger charge is -2.38. The van der Waals surface area contributed by atoms with E-state index in [4.69, 9.17) is 10.5 Å². The van der Waals surface area contributed by atoms with Gasteiger partial charge >= 0.3 is 0 Å². The minimum absolute atomic E-state index is 0.0293. The van der Waals surface area contributed by atoms with Crippen LogP contribution in [0, 0.1) is 28.6 Å². The molecular formula is C7H8N2O. The van der Waals surface area contributed by atoms with Crippen molar-refractivity contribution in [3.8, 4) is 12.1 Å². The maximum Gasteiger partial charge on any atom is 0.0802 e. The fraction of sp³-hybridized carbons (Fsp3) is 0.714. The van der Waals surface area contributed by atoms with Gasteiger partial charge in [-0.3, -0.25) is 0 Å². The van der Waals surface area contributed by atoms with E-state index in [-0.39, 0.29) is 12.3 Å². The number of nitriles is 2. The summed E-state index contributed by atoms with van der Waals surface area (Å²) in [7, 11) is 0. The molecule has 0 amide bonds. The standard InChI is InChI=1S/C7H8N2O/c8-2-1-7(10)3-6(4-7)5-9/h6,10H,1,3-4H2. The van der Waals surface area contributed by atoms with Gasteiger partial charge in [-0.15, -0.1) is 0 Å². The van der Waals surface area contributed by atoms with Gasteiger partial charge in [-0.2, -0.15) is 10.5 Å². The lowest BCUT2D eigenvalue weighted by Crippen LogP contribution is -2.42. The SMILES string of the molecule is N#CCC1(O)CC(C#N)C1. The Morgan fingerprint density at radius 3 is 2.50 bits per heavy atom. The van der Waals surface area contributed by atoms with Crippen LogP contribution in [0.4, 0.5) is 0 Å². The first kappa shape index (κ1) is 7.05. The van der Waals surface area contributed by atoms with Crippen LogP contribution in [0.2, 0.25) is 0 Å². The lowest BCUT2D eigenvalue weighted by atomic mass is 9.70. The zero-order valence-electron chi connectivity index (χ0n) is 5.54. The maximum atomic E-state index is 9.34. The molecule has 10 heavy (non-hydrogen) atoms. The summed E-state index contributed by atoms with van der Waals surface area (Å²) in [6.07, 6.45) is 1.10. The van der Waals surface area contributed by atoms with Gasteiger partial charge in [-0.1, -0.05) is 0 Å². The average Bonchev–Trinajstić information content (AvgIpc) is 1.83. The van der Waals surface area contributed by atoms with Crippen LogP contribution in [0.3, 0.4) is 0 Å². The third kappa shape index (κ3) is 1.10. The molecule has 0 atom stereocenters. The van der Waals surface area contributed by atoms with E-state index in [0.29, 0.717) is 12.8 Å². The second-order valence-corrected chi connectivity index (χ2v) is 2.79. The molecule has 1 saturated carbocycles. The molecule has 0 spiro atoms. The molecule has 3 heteroatoms. The lowest BCUT2D eigenvalue weighted by molar-refractivity contribution is -0.0520. The number of hydrogen-bond acceptors (Lipinski definition) is 3. The Bertz CT molecular complexity index is 205. The molecule has 1 fully saturated rings. The molecule has 0 bridgehead atoms. The van der Waals surface area contributed by atoms with Crippen LogP contribution in [0.25, 0.3) is 0 Å². The summed E-state index contributed by atoms with van der Waals surface area (Å²) in [5, 5.41) is 25.9. The van der Waals surface area contributed by atoms with Crippen molar-refractivity contribution in [3.05, 3.63) is 0 Å². The van der Waals surface area contributed by atoms with Crippen LogP contribution < -0.4 is 0 Å². The Morgan fingerprint density at radius 1 is 1.50 bits per heavy atom. The van der Waals surface area contributed by atoms with Gasteiger partial charge in [0, 0.05) is 0 Å². The largest absolute Gasteiger partial charge is 0.389 e. The summed E-state index contributed by atoms with van der Waals surface area (Å²) < 4.78 is 0. The van der Waals surface area contributed by atoms with Crippen molar-refractivity contribution >= 4 is 0 Å². The molecule has 1 N–H and O–H groups in total. The number of hydrogen-bond donors (Lipinski definition) is 1. The van der Waals surface area contributed by atoms with E-state index in [1.165, 1.54) is 0 Å². The Hall–Kier alpha value is -1.06. The van der Waals surface area contributed by atoms with Gasteiger partial charge in [0.15, 0.2) is 0 Å². The van der Waals surface area contributed by atoms with E-state index in [9.17, 15) is 5.11 Å². The Balaban J connectivity index is 2.38. The second kappa shape index (κ2) is 2.28. The molecular weight excluding hydrogens is 128 g/mol. The third-order valence-corrected chi connectivity index (χ3v) is 1.84. The second-order valence-electron chi connectivity index (χ2n) is 2.79. The first-order chi connectivity index (χ1) is 4.70. The van der Waals surface area contributed by atoms with Gasteiger partial charge in [-0.05, 0) is 12.8 Å². The predicted octanol–water partition coefficient (Wildman–Crippen LogP) is 0.565. The van der Waals surface area contributed by atoms with Gasteiger partial charge in [0.05, 0.1) is 30.1 Å². The molecule has 0 aliphatic heterocycles. The molecule has 0 aromatic heterocycles. The first-order valence-electron chi connectivity index (χ1n) is 3.19. The molecule has 0 aromatic carbocycles. The van der Waals surface area contributed by atoms with Crippen molar-refractivity contribution in [2.75, 3.05) is 0 Å². The highest BCUT2D eigenvalue weighted by molar-refractivity contribution is 5.06. The molecule has 3 nitrogen and oxygen atoms in total. The van der Waals surface area contributed by atoms with Crippen molar-refractivity contribution < 1.29 is 5.11 Å². The summed E-state index contributed by atoms with van der Waals surface area (Å²) in [6, 6.07) is 3.94. The smallest absolute Gasteiger partial charge is 0.0802 e. The number of nitrogens with zero attached hydrogens (tertiary/aromatic N) is 2. The fourth-order valence-corrected chi connectivity index (χ4v) is 1.24. The molecule has 0 unspecified atom stereocenters. The topological polar surface area (TPSA) is 67.8 Å². The zero-order valence-corrected chi connectivity index (χ0v) is 5.54. The Labute approximate surface area is 59.5 Å². The van der Waals surface area contributed by atoms with E-state index in [2.05, 4.69) is 0 Å². The van der Waals surface area contributed by atoms with E-state index in [0.717, 1.165) is 0 Å². The minimum atomic E-state index is -0.838. The number of rotatable bonds is 1. The average molecular weight is 136 g/mol. The van der Waals surface area contributed by atoms with Crippen LogP contribution in [-0.4, -0.2) is 10.7 Å². The molecule has 0 heterocycles. The summed E-state index contributed by atoms with van der Waals surface area (Å²) in [4.78, 5) is 0. The Morgan fingerprint density at radius 2 is 2.10 bits per heavy atom. The normalized spacial score (nSPS) is 37.3. The highest BCUT2D eigenvalue weighted by Crippen LogP contribution is 2.39. The molecule has 52 valence electrons. The van der Waals surface area contributed by atoms with E-state index < -0.39 is 5.60 Å². The zero-order chi connectivity index (χ0) is 7.61. The molecule has 0 aromatic rings. The summed E-state index contributed by atoms with van der Waals surface area (Å²) >= 11 is 0. The van der Waals surface area contributed by atoms with Gasteiger partial charge < -0.3 is 5.11 Å².